The van der Waals surface area contributed by atoms with Crippen LogP contribution in [0.1, 0.15) is 6.42 Å². The van der Waals surface area contributed by atoms with Crippen LogP contribution < -0.4 is 5.73 Å². The van der Waals surface area contributed by atoms with Crippen molar-refractivity contribution in [1.82, 2.24) is 0 Å². The summed E-state index contributed by atoms with van der Waals surface area (Å²) in [5.41, 5.74) is 4.80. The molecule has 1 unspecified atom stereocenters. The minimum atomic E-state index is -4.70. The van der Waals surface area contributed by atoms with Gasteiger partial charge in [-0.1, -0.05) is 12.2 Å². The lowest BCUT2D eigenvalue weighted by molar-refractivity contribution is -0.174. The molecule has 0 saturated heterocycles. The van der Waals surface area contributed by atoms with Crippen molar-refractivity contribution in [2.75, 3.05) is 13.2 Å². The average Bonchev–Trinajstić information content (AvgIpc) is 1.97. The predicted octanol–water partition coefficient (Wildman–Crippen LogP) is 2.42. The van der Waals surface area contributed by atoms with Crippen molar-refractivity contribution in [1.29, 1.82) is 0 Å². The van der Waals surface area contributed by atoms with E-state index >= 15 is 0 Å². The zero-order valence-corrected chi connectivity index (χ0v) is 8.68. The highest BCUT2D eigenvalue weighted by Gasteiger charge is 2.42. The molecule has 0 aliphatic rings. The van der Waals surface area contributed by atoms with Crippen LogP contribution in [0.15, 0.2) is 0 Å². The summed E-state index contributed by atoms with van der Waals surface area (Å²) in [4.78, 5) is -0.848. The van der Waals surface area contributed by atoms with E-state index < -0.39 is 42.9 Å². The third-order valence-corrected chi connectivity index (χ3v) is 1.84. The Morgan fingerprint density at radius 1 is 1.19 bits per heavy atom. The van der Waals surface area contributed by atoms with Crippen LogP contribution >= 0.6 is 12.2 Å². The number of hydrogen-bond acceptors (Lipinski definition) is 2. The third kappa shape index (κ3) is 6.83. The molecule has 2 N–H and O–H groups in total. The fourth-order valence-electron chi connectivity index (χ4n) is 0.727. The highest BCUT2D eigenvalue weighted by Crippen LogP contribution is 2.27. The zero-order valence-electron chi connectivity index (χ0n) is 7.86. The maximum absolute atomic E-state index is 12.2. The van der Waals surface area contributed by atoms with Gasteiger partial charge in [0.1, 0.15) is 5.92 Å². The van der Waals surface area contributed by atoms with E-state index in [1.807, 2.05) is 0 Å². The van der Waals surface area contributed by atoms with E-state index in [-0.39, 0.29) is 0 Å². The van der Waals surface area contributed by atoms with E-state index in [4.69, 9.17) is 5.73 Å². The molecule has 0 fully saturated rings. The van der Waals surface area contributed by atoms with Crippen molar-refractivity contribution in [3.05, 3.63) is 0 Å². The molecule has 0 heterocycles. The Morgan fingerprint density at radius 2 is 1.69 bits per heavy atom. The van der Waals surface area contributed by atoms with Gasteiger partial charge in [0.05, 0.1) is 24.6 Å². The molecule has 96 valence electrons. The standard InChI is InChI=1S/C7H9F6NOS/c8-6(9,10)1-2-15-3-4(5(14)16)7(11,12)13/h4H,1-3H2,(H2,14,16). The molecule has 0 aromatic rings. The first-order valence-electron chi connectivity index (χ1n) is 4.04. The summed E-state index contributed by atoms with van der Waals surface area (Å²) in [7, 11) is 0. The Labute approximate surface area is 92.7 Å². The number of hydrogen-bond donors (Lipinski definition) is 1. The second-order valence-electron chi connectivity index (χ2n) is 2.94. The number of rotatable bonds is 5. The molecule has 0 spiro atoms. The highest BCUT2D eigenvalue weighted by molar-refractivity contribution is 7.80. The van der Waals surface area contributed by atoms with Gasteiger partial charge in [-0.25, -0.2) is 0 Å². The lowest BCUT2D eigenvalue weighted by Gasteiger charge is -2.18. The van der Waals surface area contributed by atoms with Gasteiger partial charge in [0.2, 0.25) is 0 Å². The van der Waals surface area contributed by atoms with Gasteiger partial charge in [-0.3, -0.25) is 0 Å². The van der Waals surface area contributed by atoms with Crippen molar-refractivity contribution in [3.8, 4) is 0 Å². The lowest BCUT2D eigenvalue weighted by Crippen LogP contribution is -2.38. The van der Waals surface area contributed by atoms with E-state index in [2.05, 4.69) is 17.0 Å². The van der Waals surface area contributed by atoms with Crippen molar-refractivity contribution < 1.29 is 31.1 Å². The fourth-order valence-corrected chi connectivity index (χ4v) is 0.929. The second kappa shape index (κ2) is 5.67. The molecule has 0 bridgehead atoms. The van der Waals surface area contributed by atoms with Crippen molar-refractivity contribution in [3.63, 3.8) is 0 Å². The first kappa shape index (κ1) is 15.4. The third-order valence-electron chi connectivity index (χ3n) is 1.55. The Bertz CT molecular complexity index is 238. The summed E-state index contributed by atoms with van der Waals surface area (Å²) < 4.78 is 75.6. The number of halogens is 6. The largest absolute Gasteiger partial charge is 0.400 e. The molecule has 0 aliphatic carbocycles. The van der Waals surface area contributed by atoms with Gasteiger partial charge in [-0.15, -0.1) is 0 Å². The summed E-state index contributed by atoms with van der Waals surface area (Å²) in [5.74, 6) is -2.21. The molecular weight excluding hydrogens is 260 g/mol. The van der Waals surface area contributed by atoms with Gasteiger partial charge in [0.15, 0.2) is 0 Å². The van der Waals surface area contributed by atoms with Gasteiger partial charge < -0.3 is 10.5 Å². The molecule has 2 nitrogen and oxygen atoms in total. The van der Waals surface area contributed by atoms with Crippen LogP contribution in [0.5, 0.6) is 0 Å². The molecule has 0 rings (SSSR count). The fraction of sp³-hybridized carbons (Fsp3) is 0.857. The molecule has 0 aromatic heterocycles. The number of nitrogens with two attached hydrogens (primary N) is 1. The van der Waals surface area contributed by atoms with E-state index in [0.717, 1.165) is 0 Å². The van der Waals surface area contributed by atoms with Gasteiger partial charge in [0.25, 0.3) is 0 Å². The smallest absolute Gasteiger partial charge is 0.393 e. The Morgan fingerprint density at radius 3 is 2.00 bits per heavy atom. The number of ether oxygens (including phenoxy) is 1. The normalized spacial score (nSPS) is 14.9. The Balaban J connectivity index is 4.02. The predicted molar refractivity (Wildman–Crippen MR) is 47.8 cm³/mol. The van der Waals surface area contributed by atoms with Crippen LogP contribution in [0.3, 0.4) is 0 Å². The van der Waals surface area contributed by atoms with Crippen LogP contribution in [0, 0.1) is 5.92 Å². The summed E-state index contributed by atoms with van der Waals surface area (Å²) in [6.07, 6.45) is -10.5. The molecule has 0 aliphatic heterocycles. The molecule has 0 saturated carbocycles. The molecule has 0 radical (unpaired) electrons. The SMILES string of the molecule is NC(=S)C(COCCC(F)(F)F)C(F)(F)F. The average molecular weight is 269 g/mol. The van der Waals surface area contributed by atoms with Crippen molar-refractivity contribution >= 4 is 17.2 Å². The quantitative estimate of drug-likeness (QED) is 0.473. The molecule has 0 amide bonds. The lowest BCUT2D eigenvalue weighted by atomic mass is 10.1. The van der Waals surface area contributed by atoms with Crippen LogP contribution in [0.2, 0.25) is 0 Å². The van der Waals surface area contributed by atoms with Crippen LogP contribution in [-0.4, -0.2) is 30.6 Å². The maximum atomic E-state index is 12.2. The monoisotopic (exact) mass is 269 g/mol. The summed E-state index contributed by atoms with van der Waals surface area (Å²) in [6.45, 7) is -1.84. The number of alkyl halides is 6. The first-order chi connectivity index (χ1) is 7.04. The van der Waals surface area contributed by atoms with Gasteiger partial charge >= 0.3 is 12.4 Å². The van der Waals surface area contributed by atoms with Gasteiger partial charge in [-0.2, -0.15) is 26.3 Å². The minimum absolute atomic E-state index is 0.848. The minimum Gasteiger partial charge on any atom is -0.393 e. The topological polar surface area (TPSA) is 35.2 Å². The summed E-state index contributed by atoms with van der Waals surface area (Å²) in [5, 5.41) is 0. The molecule has 9 heteroatoms. The van der Waals surface area contributed by atoms with Gasteiger partial charge in [0, 0.05) is 0 Å². The van der Waals surface area contributed by atoms with Gasteiger partial charge in [-0.05, 0) is 0 Å². The second-order valence-corrected chi connectivity index (χ2v) is 3.41. The Hall–Kier alpha value is -0.570. The van der Waals surface area contributed by atoms with E-state index in [9.17, 15) is 26.3 Å². The maximum Gasteiger partial charge on any atom is 0.400 e. The van der Waals surface area contributed by atoms with Crippen molar-refractivity contribution in [2.45, 2.75) is 18.8 Å². The van der Waals surface area contributed by atoms with E-state index in [1.165, 1.54) is 0 Å². The molecule has 0 aromatic carbocycles. The first-order valence-corrected chi connectivity index (χ1v) is 4.45. The summed E-state index contributed by atoms with van der Waals surface area (Å²) in [6, 6.07) is 0. The molecule has 16 heavy (non-hydrogen) atoms. The van der Waals surface area contributed by atoms with E-state index in [1.54, 1.807) is 0 Å². The highest BCUT2D eigenvalue weighted by atomic mass is 32.1. The van der Waals surface area contributed by atoms with Crippen molar-refractivity contribution in [2.24, 2.45) is 11.7 Å². The van der Waals surface area contributed by atoms with E-state index in [0.29, 0.717) is 0 Å². The van der Waals surface area contributed by atoms with Crippen LogP contribution in [0.25, 0.3) is 0 Å². The summed E-state index contributed by atoms with van der Waals surface area (Å²) >= 11 is 4.14. The Kier molecular flexibility index (Phi) is 5.47. The molecule has 1 atom stereocenters. The molecular formula is C7H9F6NOS. The van der Waals surface area contributed by atoms with Crippen LogP contribution in [-0.2, 0) is 4.74 Å². The van der Waals surface area contributed by atoms with Crippen LogP contribution in [0.4, 0.5) is 26.3 Å². The zero-order chi connectivity index (χ0) is 13.0. The number of thiocarbonyl (C=S) groups is 1.